The SMILES string of the molecule is CCCCCC(CCCCC)CC(=O)OCCCCCCCCOCC(CCN(CC)CC)OCCCCCCCCOC(=O)CC(CCCCC)CCCCC. The third-order valence-corrected chi connectivity index (χ3v) is 11.8. The number of unbranched alkanes of at least 4 members (excludes halogenated alkanes) is 18. The van der Waals surface area contributed by atoms with Crippen LogP contribution < -0.4 is 0 Å². The first-order valence-corrected chi connectivity index (χ1v) is 25.2. The maximum atomic E-state index is 12.5. The van der Waals surface area contributed by atoms with Crippen LogP contribution in [0.4, 0.5) is 0 Å². The highest BCUT2D eigenvalue weighted by molar-refractivity contribution is 5.70. The molecule has 0 spiro atoms. The molecule has 0 aromatic rings. The van der Waals surface area contributed by atoms with E-state index in [9.17, 15) is 9.59 Å². The monoisotopic (exact) mass is 810 g/mol. The molecule has 0 heterocycles. The Bertz CT molecular complexity index is 816. The van der Waals surface area contributed by atoms with Crippen molar-refractivity contribution in [2.24, 2.45) is 11.8 Å². The quantitative estimate of drug-likeness (QED) is 0.0448. The van der Waals surface area contributed by atoms with Crippen molar-refractivity contribution in [1.29, 1.82) is 0 Å². The highest BCUT2D eigenvalue weighted by atomic mass is 16.5. The van der Waals surface area contributed by atoms with Crippen LogP contribution in [0.2, 0.25) is 0 Å². The Labute approximate surface area is 355 Å². The summed E-state index contributed by atoms with van der Waals surface area (Å²) in [6, 6.07) is 0. The van der Waals surface area contributed by atoms with Gasteiger partial charge in [-0.3, -0.25) is 9.59 Å². The molecule has 57 heavy (non-hydrogen) atoms. The molecule has 0 amide bonds. The van der Waals surface area contributed by atoms with E-state index in [1.54, 1.807) is 0 Å². The normalized spacial score (nSPS) is 12.3. The zero-order valence-corrected chi connectivity index (χ0v) is 39.2. The second-order valence-electron chi connectivity index (χ2n) is 17.2. The molecular formula is C50H99NO6. The Hall–Kier alpha value is -1.18. The molecule has 0 radical (unpaired) electrons. The summed E-state index contributed by atoms with van der Waals surface area (Å²) in [7, 11) is 0. The minimum Gasteiger partial charge on any atom is -0.466 e. The first-order valence-electron chi connectivity index (χ1n) is 25.2. The van der Waals surface area contributed by atoms with Crippen molar-refractivity contribution < 1.29 is 28.5 Å². The first kappa shape index (κ1) is 55.8. The van der Waals surface area contributed by atoms with Crippen LogP contribution in [-0.4, -0.2) is 75.6 Å². The number of hydrogen-bond donors (Lipinski definition) is 0. The zero-order chi connectivity index (χ0) is 41.9. The number of ether oxygens (including phenoxy) is 4. The fourth-order valence-corrected chi connectivity index (χ4v) is 7.86. The molecule has 0 fully saturated rings. The van der Waals surface area contributed by atoms with Gasteiger partial charge in [0, 0.05) is 32.6 Å². The van der Waals surface area contributed by atoms with E-state index < -0.39 is 0 Å². The molecule has 0 aromatic carbocycles. The van der Waals surface area contributed by atoms with Gasteiger partial charge in [-0.1, -0.05) is 170 Å². The molecule has 7 heteroatoms. The predicted octanol–water partition coefficient (Wildman–Crippen LogP) is 14.2. The summed E-state index contributed by atoms with van der Waals surface area (Å²) < 4.78 is 23.8. The Kier molecular flexibility index (Phi) is 43.5. The molecule has 0 bridgehead atoms. The van der Waals surface area contributed by atoms with Gasteiger partial charge in [-0.15, -0.1) is 0 Å². The Morgan fingerprint density at radius 2 is 0.789 bits per heavy atom. The van der Waals surface area contributed by atoms with Crippen LogP contribution in [0.5, 0.6) is 0 Å². The molecule has 0 saturated heterocycles. The van der Waals surface area contributed by atoms with Gasteiger partial charge in [0.2, 0.25) is 0 Å². The van der Waals surface area contributed by atoms with Gasteiger partial charge in [0.05, 0.1) is 25.9 Å². The molecule has 1 unspecified atom stereocenters. The molecule has 340 valence electrons. The Balaban J connectivity index is 4.10. The van der Waals surface area contributed by atoms with Crippen LogP contribution in [0, 0.1) is 11.8 Å². The summed E-state index contributed by atoms with van der Waals surface area (Å²) in [6.45, 7) is 20.1. The largest absolute Gasteiger partial charge is 0.466 e. The molecular weight excluding hydrogens is 711 g/mol. The van der Waals surface area contributed by atoms with E-state index in [1.165, 1.54) is 141 Å². The molecule has 0 saturated carbocycles. The van der Waals surface area contributed by atoms with Crippen LogP contribution in [-0.2, 0) is 28.5 Å². The fraction of sp³-hybridized carbons (Fsp3) is 0.960. The summed E-state index contributed by atoms with van der Waals surface area (Å²) in [5, 5.41) is 0. The lowest BCUT2D eigenvalue weighted by Crippen LogP contribution is -2.30. The number of carbonyl (C=O) groups excluding carboxylic acids is 2. The van der Waals surface area contributed by atoms with E-state index in [1.807, 2.05) is 0 Å². The lowest BCUT2D eigenvalue weighted by molar-refractivity contribution is -0.146. The zero-order valence-electron chi connectivity index (χ0n) is 39.2. The summed E-state index contributed by atoms with van der Waals surface area (Å²) in [4.78, 5) is 27.4. The van der Waals surface area contributed by atoms with Crippen molar-refractivity contribution in [2.45, 2.75) is 247 Å². The van der Waals surface area contributed by atoms with Crippen molar-refractivity contribution in [3.8, 4) is 0 Å². The highest BCUT2D eigenvalue weighted by Gasteiger charge is 2.16. The van der Waals surface area contributed by atoms with Gasteiger partial charge in [0.15, 0.2) is 0 Å². The third kappa shape index (κ3) is 38.8. The van der Waals surface area contributed by atoms with E-state index in [0.29, 0.717) is 44.5 Å². The third-order valence-electron chi connectivity index (χ3n) is 11.8. The number of esters is 2. The van der Waals surface area contributed by atoms with Crippen LogP contribution in [0.25, 0.3) is 0 Å². The second kappa shape index (κ2) is 44.4. The van der Waals surface area contributed by atoms with Gasteiger partial charge in [-0.05, 0) is 82.7 Å². The molecule has 0 aromatic heterocycles. The molecule has 0 aliphatic heterocycles. The summed E-state index contributed by atoms with van der Waals surface area (Å²) in [5.41, 5.74) is 0. The van der Waals surface area contributed by atoms with E-state index in [-0.39, 0.29) is 18.0 Å². The van der Waals surface area contributed by atoms with Crippen LogP contribution >= 0.6 is 0 Å². The molecule has 0 rings (SSSR count). The second-order valence-corrected chi connectivity index (χ2v) is 17.2. The minimum absolute atomic E-state index is 0.0153. The van der Waals surface area contributed by atoms with E-state index in [4.69, 9.17) is 18.9 Å². The average molecular weight is 810 g/mol. The Morgan fingerprint density at radius 3 is 1.18 bits per heavy atom. The van der Waals surface area contributed by atoms with Crippen LogP contribution in [0.3, 0.4) is 0 Å². The van der Waals surface area contributed by atoms with Crippen molar-refractivity contribution in [1.82, 2.24) is 4.90 Å². The van der Waals surface area contributed by atoms with Crippen LogP contribution in [0.15, 0.2) is 0 Å². The van der Waals surface area contributed by atoms with Gasteiger partial charge in [0.1, 0.15) is 0 Å². The molecule has 0 aliphatic carbocycles. The topological polar surface area (TPSA) is 74.3 Å². The highest BCUT2D eigenvalue weighted by Crippen LogP contribution is 2.23. The summed E-state index contributed by atoms with van der Waals surface area (Å²) >= 11 is 0. The van der Waals surface area contributed by atoms with E-state index in [0.717, 1.165) is 77.8 Å². The number of carbonyl (C=O) groups is 2. The van der Waals surface area contributed by atoms with Crippen molar-refractivity contribution in [3.05, 3.63) is 0 Å². The molecule has 7 nitrogen and oxygen atoms in total. The standard InChI is InChI=1S/C50H99NO6/c1-7-13-25-33-46(34-26-14-8-2)43-49(52)56-41-31-23-18-17-21-29-39-54-45-48(37-38-51(11-5)12-6)55-40-30-22-19-20-24-32-42-57-50(53)44-47(35-27-15-9-3)36-28-16-10-4/h46-48H,7-45H2,1-6H3. The predicted molar refractivity (Wildman–Crippen MR) is 243 cm³/mol. The van der Waals surface area contributed by atoms with Gasteiger partial charge in [0.25, 0.3) is 0 Å². The van der Waals surface area contributed by atoms with Crippen LogP contribution in [0.1, 0.15) is 241 Å². The molecule has 0 N–H and O–H groups in total. The van der Waals surface area contributed by atoms with E-state index in [2.05, 4.69) is 46.4 Å². The number of nitrogens with zero attached hydrogens (tertiary/aromatic N) is 1. The fourth-order valence-electron chi connectivity index (χ4n) is 7.86. The number of hydrogen-bond acceptors (Lipinski definition) is 7. The number of rotatable bonds is 46. The smallest absolute Gasteiger partial charge is 0.306 e. The maximum absolute atomic E-state index is 12.5. The van der Waals surface area contributed by atoms with Gasteiger partial charge < -0.3 is 23.8 Å². The lowest BCUT2D eigenvalue weighted by Gasteiger charge is -2.23. The van der Waals surface area contributed by atoms with E-state index >= 15 is 0 Å². The van der Waals surface area contributed by atoms with Crippen molar-refractivity contribution in [2.75, 3.05) is 52.7 Å². The minimum atomic E-state index is 0.0153. The first-order chi connectivity index (χ1) is 27.9. The summed E-state index contributed by atoms with van der Waals surface area (Å²) in [6.07, 6.45) is 35.5. The summed E-state index contributed by atoms with van der Waals surface area (Å²) in [5.74, 6) is 1.03. The van der Waals surface area contributed by atoms with Gasteiger partial charge in [-0.25, -0.2) is 0 Å². The lowest BCUT2D eigenvalue weighted by atomic mass is 9.92. The van der Waals surface area contributed by atoms with Crippen molar-refractivity contribution in [3.63, 3.8) is 0 Å². The maximum Gasteiger partial charge on any atom is 0.306 e. The molecule has 0 aliphatic rings. The molecule has 1 atom stereocenters. The average Bonchev–Trinajstić information content (AvgIpc) is 3.20. The van der Waals surface area contributed by atoms with Gasteiger partial charge in [-0.2, -0.15) is 0 Å². The Morgan fingerprint density at radius 1 is 0.421 bits per heavy atom. The van der Waals surface area contributed by atoms with Crippen molar-refractivity contribution >= 4 is 11.9 Å². The van der Waals surface area contributed by atoms with Gasteiger partial charge >= 0.3 is 11.9 Å².